The Labute approximate surface area is 161 Å². The Morgan fingerprint density at radius 1 is 0.964 bits per heavy atom. The quantitative estimate of drug-likeness (QED) is 0.630. The minimum atomic E-state index is -4.72. The van der Waals surface area contributed by atoms with Gasteiger partial charge < -0.3 is 14.8 Å². The van der Waals surface area contributed by atoms with E-state index in [-0.39, 0.29) is 17.8 Å². The van der Waals surface area contributed by atoms with E-state index in [4.69, 9.17) is 4.74 Å². The molecule has 28 heavy (non-hydrogen) atoms. The van der Waals surface area contributed by atoms with Gasteiger partial charge in [-0.05, 0) is 42.1 Å². The smallest absolute Gasteiger partial charge is 0.485 e. The topological polar surface area (TPSA) is 30.5 Å². The van der Waals surface area contributed by atoms with Gasteiger partial charge in [0.1, 0.15) is 17.6 Å². The molecule has 1 aliphatic rings. The third kappa shape index (κ3) is 4.22. The largest absolute Gasteiger partial charge is 0.573 e. The number of benzene rings is 3. The first-order valence-electron chi connectivity index (χ1n) is 9.20. The normalized spacial score (nSPS) is 18.2. The molecule has 2 atom stereocenters. The Hall–Kier alpha value is -2.73. The molecule has 3 aromatic rings. The zero-order valence-electron chi connectivity index (χ0n) is 15.1. The average Bonchev–Trinajstić information content (AvgIpc) is 3.19. The number of rotatable bonds is 5. The van der Waals surface area contributed by atoms with E-state index in [0.29, 0.717) is 5.56 Å². The minimum Gasteiger partial charge on any atom is -0.485 e. The van der Waals surface area contributed by atoms with Gasteiger partial charge in [0.05, 0.1) is 0 Å². The lowest BCUT2D eigenvalue weighted by Gasteiger charge is -2.26. The van der Waals surface area contributed by atoms with Crippen molar-refractivity contribution in [2.24, 2.45) is 5.92 Å². The Morgan fingerprint density at radius 2 is 1.75 bits per heavy atom. The molecule has 1 saturated heterocycles. The molecule has 3 aromatic carbocycles. The lowest BCUT2D eigenvalue weighted by Crippen LogP contribution is -2.22. The summed E-state index contributed by atoms with van der Waals surface area (Å²) in [7, 11) is 0. The molecular weight excluding hydrogens is 367 g/mol. The average molecular weight is 387 g/mol. The zero-order chi connectivity index (χ0) is 19.6. The summed E-state index contributed by atoms with van der Waals surface area (Å²) in [6.45, 7) is 1.61. The highest BCUT2D eigenvalue weighted by Crippen LogP contribution is 2.37. The highest BCUT2D eigenvalue weighted by Gasteiger charge is 2.32. The Bertz CT molecular complexity index is 946. The van der Waals surface area contributed by atoms with Crippen LogP contribution in [0.4, 0.5) is 13.2 Å². The molecule has 1 fully saturated rings. The highest BCUT2D eigenvalue weighted by molar-refractivity contribution is 5.88. The summed E-state index contributed by atoms with van der Waals surface area (Å²) < 4.78 is 48.4. The van der Waals surface area contributed by atoms with Crippen molar-refractivity contribution >= 4 is 10.8 Å². The van der Waals surface area contributed by atoms with Crippen molar-refractivity contribution in [3.63, 3.8) is 0 Å². The summed E-state index contributed by atoms with van der Waals surface area (Å²) in [6, 6.07) is 19.8. The highest BCUT2D eigenvalue weighted by atomic mass is 19.4. The van der Waals surface area contributed by atoms with Gasteiger partial charge in [-0.25, -0.2) is 0 Å². The number of hydrogen-bond donors (Lipinski definition) is 1. The molecule has 1 aliphatic heterocycles. The standard InChI is InChI=1S/C22H20F3NO2/c23-22(24,25)28-18-8-3-7-16(13-18)21(17-11-12-26-14-17)27-20-10-4-6-15-5-1-2-9-19(15)20/h1-10,13,17,21,26H,11-12,14H2. The van der Waals surface area contributed by atoms with Crippen molar-refractivity contribution < 1.29 is 22.6 Å². The van der Waals surface area contributed by atoms with Gasteiger partial charge in [-0.15, -0.1) is 13.2 Å². The van der Waals surface area contributed by atoms with Crippen LogP contribution in [0, 0.1) is 5.92 Å². The number of halogens is 3. The molecule has 0 bridgehead atoms. The van der Waals surface area contributed by atoms with Crippen molar-refractivity contribution in [1.29, 1.82) is 0 Å². The molecule has 2 unspecified atom stereocenters. The molecular formula is C22H20F3NO2. The van der Waals surface area contributed by atoms with Crippen LogP contribution in [-0.2, 0) is 0 Å². The van der Waals surface area contributed by atoms with Gasteiger partial charge in [0.2, 0.25) is 0 Å². The lowest BCUT2D eigenvalue weighted by molar-refractivity contribution is -0.274. The van der Waals surface area contributed by atoms with E-state index in [2.05, 4.69) is 10.1 Å². The summed E-state index contributed by atoms with van der Waals surface area (Å²) in [5.74, 6) is 0.639. The van der Waals surface area contributed by atoms with Crippen LogP contribution in [0.25, 0.3) is 10.8 Å². The van der Waals surface area contributed by atoms with Crippen molar-refractivity contribution in [3.8, 4) is 11.5 Å². The van der Waals surface area contributed by atoms with E-state index >= 15 is 0 Å². The summed E-state index contributed by atoms with van der Waals surface area (Å²) >= 11 is 0. The number of fused-ring (bicyclic) bond motifs is 1. The van der Waals surface area contributed by atoms with Crippen LogP contribution >= 0.6 is 0 Å². The molecule has 0 spiro atoms. The number of nitrogens with one attached hydrogen (secondary N) is 1. The third-order valence-electron chi connectivity index (χ3n) is 4.95. The van der Waals surface area contributed by atoms with Crippen molar-refractivity contribution in [1.82, 2.24) is 5.32 Å². The number of ether oxygens (including phenoxy) is 2. The van der Waals surface area contributed by atoms with Gasteiger partial charge in [0.15, 0.2) is 0 Å². The van der Waals surface area contributed by atoms with Crippen LogP contribution in [0.3, 0.4) is 0 Å². The fraction of sp³-hybridized carbons (Fsp3) is 0.273. The Balaban J connectivity index is 1.69. The van der Waals surface area contributed by atoms with E-state index in [1.54, 1.807) is 12.1 Å². The second-order valence-corrected chi connectivity index (χ2v) is 6.89. The lowest BCUT2D eigenvalue weighted by atomic mass is 9.94. The third-order valence-corrected chi connectivity index (χ3v) is 4.95. The molecule has 3 nitrogen and oxygen atoms in total. The maximum atomic E-state index is 12.6. The number of alkyl halides is 3. The molecule has 146 valence electrons. The van der Waals surface area contributed by atoms with Gasteiger partial charge in [-0.3, -0.25) is 0 Å². The summed E-state index contributed by atoms with van der Waals surface area (Å²) in [4.78, 5) is 0. The predicted molar refractivity (Wildman–Crippen MR) is 101 cm³/mol. The fourth-order valence-corrected chi connectivity index (χ4v) is 3.70. The van der Waals surface area contributed by atoms with Gasteiger partial charge in [-0.2, -0.15) is 0 Å². The molecule has 4 rings (SSSR count). The van der Waals surface area contributed by atoms with Crippen molar-refractivity contribution in [2.45, 2.75) is 18.9 Å². The molecule has 1 heterocycles. The van der Waals surface area contributed by atoms with Crippen LogP contribution in [0.15, 0.2) is 66.7 Å². The van der Waals surface area contributed by atoms with Crippen molar-refractivity contribution in [2.75, 3.05) is 13.1 Å². The van der Waals surface area contributed by atoms with Crippen LogP contribution in [0.1, 0.15) is 18.1 Å². The Kier molecular flexibility index (Phi) is 5.13. The first-order valence-corrected chi connectivity index (χ1v) is 9.20. The maximum absolute atomic E-state index is 12.6. The maximum Gasteiger partial charge on any atom is 0.573 e. The molecule has 0 radical (unpaired) electrons. The van der Waals surface area contributed by atoms with Crippen molar-refractivity contribution in [3.05, 3.63) is 72.3 Å². The Morgan fingerprint density at radius 3 is 2.54 bits per heavy atom. The first kappa shape index (κ1) is 18.6. The van der Waals surface area contributed by atoms with Crippen LogP contribution < -0.4 is 14.8 Å². The number of hydrogen-bond acceptors (Lipinski definition) is 3. The first-order chi connectivity index (χ1) is 13.5. The van der Waals surface area contributed by atoms with Gasteiger partial charge in [0.25, 0.3) is 0 Å². The molecule has 0 amide bonds. The summed E-state index contributed by atoms with van der Waals surface area (Å²) in [5, 5.41) is 5.34. The fourth-order valence-electron chi connectivity index (χ4n) is 3.70. The second-order valence-electron chi connectivity index (χ2n) is 6.89. The second kappa shape index (κ2) is 7.72. The molecule has 6 heteroatoms. The van der Waals surface area contributed by atoms with E-state index < -0.39 is 6.36 Å². The monoisotopic (exact) mass is 387 g/mol. The predicted octanol–water partition coefficient (Wildman–Crippen LogP) is 5.47. The molecule has 0 aromatic heterocycles. The SMILES string of the molecule is FC(F)(F)Oc1cccc(C(Oc2cccc3ccccc23)C2CCNC2)c1. The van der Waals surface area contributed by atoms with E-state index in [1.807, 2.05) is 42.5 Å². The van der Waals surface area contributed by atoms with E-state index in [1.165, 1.54) is 12.1 Å². The molecule has 0 aliphatic carbocycles. The summed E-state index contributed by atoms with van der Waals surface area (Å²) in [5.41, 5.74) is 0.670. The van der Waals surface area contributed by atoms with Gasteiger partial charge in [-0.1, -0.05) is 48.5 Å². The zero-order valence-corrected chi connectivity index (χ0v) is 15.1. The van der Waals surface area contributed by atoms with E-state index in [0.717, 1.165) is 36.0 Å². The summed E-state index contributed by atoms with van der Waals surface area (Å²) in [6.07, 6.45) is -4.21. The van der Waals surface area contributed by atoms with Gasteiger partial charge >= 0.3 is 6.36 Å². The molecule has 0 saturated carbocycles. The van der Waals surface area contributed by atoms with E-state index in [9.17, 15) is 13.2 Å². The van der Waals surface area contributed by atoms with Crippen LogP contribution in [0.2, 0.25) is 0 Å². The molecule has 1 N–H and O–H groups in total. The van der Waals surface area contributed by atoms with Crippen LogP contribution in [-0.4, -0.2) is 19.5 Å². The minimum absolute atomic E-state index is 0.153. The van der Waals surface area contributed by atoms with Gasteiger partial charge in [0, 0.05) is 17.8 Å². The van der Waals surface area contributed by atoms with Crippen LogP contribution in [0.5, 0.6) is 11.5 Å².